The van der Waals surface area contributed by atoms with E-state index in [1.807, 2.05) is 61.5 Å². The molecule has 0 radical (unpaired) electrons. The van der Waals surface area contributed by atoms with Crippen molar-refractivity contribution >= 4 is 5.91 Å². The van der Waals surface area contributed by atoms with Crippen LogP contribution in [0, 0.1) is 0 Å². The zero-order chi connectivity index (χ0) is 16.5. The number of carbonyl (C=O) groups excluding carboxylic acids is 1. The summed E-state index contributed by atoms with van der Waals surface area (Å²) in [6, 6.07) is 17.2. The molecule has 2 rings (SSSR count). The number of hydrogen-bond acceptors (Lipinski definition) is 3. The first-order valence-electron chi connectivity index (χ1n) is 7.81. The molecular formula is C19H23NO3. The SMILES string of the molecule is COc1ccccc1C(C)NC(=O)CCCOc1ccccc1. The molecule has 1 unspecified atom stereocenters. The lowest BCUT2D eigenvalue weighted by Crippen LogP contribution is -2.27. The largest absolute Gasteiger partial charge is 0.496 e. The lowest BCUT2D eigenvalue weighted by Gasteiger charge is -2.17. The molecule has 0 heterocycles. The number of nitrogens with one attached hydrogen (secondary N) is 1. The molecule has 0 aliphatic rings. The van der Waals surface area contributed by atoms with E-state index in [1.165, 1.54) is 0 Å². The van der Waals surface area contributed by atoms with Gasteiger partial charge in [-0.15, -0.1) is 0 Å². The number of methoxy groups -OCH3 is 1. The number of amides is 1. The summed E-state index contributed by atoms with van der Waals surface area (Å²) in [5, 5.41) is 3.00. The van der Waals surface area contributed by atoms with Gasteiger partial charge in [0.2, 0.25) is 5.91 Å². The molecule has 1 amide bonds. The minimum atomic E-state index is -0.0892. The maximum Gasteiger partial charge on any atom is 0.220 e. The van der Waals surface area contributed by atoms with Gasteiger partial charge in [0.15, 0.2) is 0 Å². The summed E-state index contributed by atoms with van der Waals surface area (Å²) >= 11 is 0. The average molecular weight is 313 g/mol. The van der Waals surface area contributed by atoms with E-state index in [2.05, 4.69) is 5.32 Å². The molecule has 1 atom stereocenters. The summed E-state index contributed by atoms with van der Waals surface area (Å²) in [5.41, 5.74) is 0.976. The molecule has 0 bridgehead atoms. The minimum Gasteiger partial charge on any atom is -0.496 e. The van der Waals surface area contributed by atoms with Crippen LogP contribution in [-0.2, 0) is 4.79 Å². The Morgan fingerprint density at radius 2 is 1.78 bits per heavy atom. The van der Waals surface area contributed by atoms with Gasteiger partial charge in [-0.1, -0.05) is 36.4 Å². The van der Waals surface area contributed by atoms with Gasteiger partial charge in [0.05, 0.1) is 19.8 Å². The quantitative estimate of drug-likeness (QED) is 0.755. The lowest BCUT2D eigenvalue weighted by atomic mass is 10.1. The molecule has 0 aliphatic heterocycles. The third kappa shape index (κ3) is 5.33. The molecule has 0 spiro atoms. The van der Waals surface area contributed by atoms with Crippen LogP contribution in [0.4, 0.5) is 0 Å². The van der Waals surface area contributed by atoms with Gasteiger partial charge in [0, 0.05) is 12.0 Å². The van der Waals surface area contributed by atoms with Crippen LogP contribution in [0.2, 0.25) is 0 Å². The van der Waals surface area contributed by atoms with E-state index in [0.29, 0.717) is 19.4 Å². The number of para-hydroxylation sites is 2. The summed E-state index contributed by atoms with van der Waals surface area (Å²) < 4.78 is 10.9. The molecule has 0 aliphatic carbocycles. The first-order chi connectivity index (χ1) is 11.2. The molecule has 0 saturated heterocycles. The molecule has 0 aromatic heterocycles. The van der Waals surface area contributed by atoms with Crippen LogP contribution in [0.5, 0.6) is 11.5 Å². The number of carbonyl (C=O) groups is 1. The predicted octanol–water partition coefficient (Wildman–Crippen LogP) is 3.73. The van der Waals surface area contributed by atoms with E-state index >= 15 is 0 Å². The van der Waals surface area contributed by atoms with E-state index < -0.39 is 0 Å². The van der Waals surface area contributed by atoms with Gasteiger partial charge >= 0.3 is 0 Å². The van der Waals surface area contributed by atoms with E-state index in [-0.39, 0.29) is 11.9 Å². The van der Waals surface area contributed by atoms with Crippen LogP contribution in [0.3, 0.4) is 0 Å². The second kappa shape index (κ2) is 8.83. The van der Waals surface area contributed by atoms with E-state index in [9.17, 15) is 4.79 Å². The van der Waals surface area contributed by atoms with E-state index in [1.54, 1.807) is 7.11 Å². The van der Waals surface area contributed by atoms with Gasteiger partial charge in [-0.3, -0.25) is 4.79 Å². The van der Waals surface area contributed by atoms with E-state index in [0.717, 1.165) is 17.1 Å². The fourth-order valence-corrected chi connectivity index (χ4v) is 2.36. The number of hydrogen-bond donors (Lipinski definition) is 1. The third-order valence-corrected chi connectivity index (χ3v) is 3.54. The van der Waals surface area contributed by atoms with Crippen molar-refractivity contribution in [3.05, 3.63) is 60.2 Å². The van der Waals surface area contributed by atoms with Crippen molar-refractivity contribution in [1.29, 1.82) is 0 Å². The highest BCUT2D eigenvalue weighted by molar-refractivity contribution is 5.76. The molecule has 4 heteroatoms. The molecule has 2 aromatic rings. The van der Waals surface area contributed by atoms with Crippen molar-refractivity contribution in [2.75, 3.05) is 13.7 Å². The first kappa shape index (κ1) is 16.9. The molecule has 0 saturated carbocycles. The highest BCUT2D eigenvalue weighted by Crippen LogP contribution is 2.24. The summed E-state index contributed by atoms with van der Waals surface area (Å²) in [5.74, 6) is 1.63. The number of benzene rings is 2. The zero-order valence-electron chi connectivity index (χ0n) is 13.6. The summed E-state index contributed by atoms with van der Waals surface area (Å²) in [6.45, 7) is 2.48. The Morgan fingerprint density at radius 3 is 2.52 bits per heavy atom. The second-order valence-electron chi connectivity index (χ2n) is 5.30. The summed E-state index contributed by atoms with van der Waals surface area (Å²) in [6.07, 6.45) is 1.12. The van der Waals surface area contributed by atoms with Crippen molar-refractivity contribution in [2.45, 2.75) is 25.8 Å². The minimum absolute atomic E-state index is 0.0140. The fraction of sp³-hybridized carbons (Fsp3) is 0.316. The van der Waals surface area contributed by atoms with E-state index in [4.69, 9.17) is 9.47 Å². The maximum absolute atomic E-state index is 12.0. The highest BCUT2D eigenvalue weighted by Gasteiger charge is 2.13. The van der Waals surface area contributed by atoms with Crippen LogP contribution < -0.4 is 14.8 Å². The van der Waals surface area contributed by atoms with Crippen LogP contribution in [-0.4, -0.2) is 19.6 Å². The van der Waals surface area contributed by atoms with Crippen LogP contribution in [0.15, 0.2) is 54.6 Å². The Bertz CT molecular complexity index is 613. The Hall–Kier alpha value is -2.49. The van der Waals surface area contributed by atoms with Gasteiger partial charge in [-0.05, 0) is 31.5 Å². The number of ether oxygens (including phenoxy) is 2. The Morgan fingerprint density at radius 1 is 1.09 bits per heavy atom. The van der Waals surface area contributed by atoms with Gasteiger partial charge in [0.1, 0.15) is 11.5 Å². The molecule has 122 valence electrons. The first-order valence-corrected chi connectivity index (χ1v) is 7.81. The van der Waals surface area contributed by atoms with Crippen molar-refractivity contribution in [3.8, 4) is 11.5 Å². The lowest BCUT2D eigenvalue weighted by molar-refractivity contribution is -0.121. The van der Waals surface area contributed by atoms with Crippen LogP contribution >= 0.6 is 0 Å². The third-order valence-electron chi connectivity index (χ3n) is 3.54. The zero-order valence-corrected chi connectivity index (χ0v) is 13.6. The molecule has 1 N–H and O–H groups in total. The molecular weight excluding hydrogens is 290 g/mol. The molecule has 2 aromatic carbocycles. The molecule has 23 heavy (non-hydrogen) atoms. The van der Waals surface area contributed by atoms with Crippen molar-refractivity contribution < 1.29 is 14.3 Å². The number of rotatable bonds is 8. The predicted molar refractivity (Wildman–Crippen MR) is 90.7 cm³/mol. The topological polar surface area (TPSA) is 47.6 Å². The fourth-order valence-electron chi connectivity index (χ4n) is 2.36. The Labute approximate surface area is 137 Å². The van der Waals surface area contributed by atoms with Crippen LogP contribution in [0.25, 0.3) is 0 Å². The maximum atomic E-state index is 12.0. The highest BCUT2D eigenvalue weighted by atomic mass is 16.5. The normalized spacial score (nSPS) is 11.6. The van der Waals surface area contributed by atoms with Crippen molar-refractivity contribution in [3.63, 3.8) is 0 Å². The van der Waals surface area contributed by atoms with Crippen LogP contribution in [0.1, 0.15) is 31.4 Å². The van der Waals surface area contributed by atoms with Gasteiger partial charge in [-0.25, -0.2) is 0 Å². The summed E-state index contributed by atoms with van der Waals surface area (Å²) in [4.78, 5) is 12.0. The summed E-state index contributed by atoms with van der Waals surface area (Å²) in [7, 11) is 1.63. The Kier molecular flexibility index (Phi) is 6.48. The second-order valence-corrected chi connectivity index (χ2v) is 5.30. The smallest absolute Gasteiger partial charge is 0.220 e. The standard InChI is InChI=1S/C19H23NO3/c1-15(17-11-6-7-12-18(17)22-2)20-19(21)13-8-14-23-16-9-4-3-5-10-16/h3-7,9-12,15H,8,13-14H2,1-2H3,(H,20,21). The van der Waals surface area contributed by atoms with Crippen molar-refractivity contribution in [1.82, 2.24) is 5.32 Å². The van der Waals surface area contributed by atoms with Gasteiger partial charge in [0.25, 0.3) is 0 Å². The molecule has 0 fully saturated rings. The monoisotopic (exact) mass is 313 g/mol. The average Bonchev–Trinajstić information content (AvgIpc) is 2.59. The van der Waals surface area contributed by atoms with Crippen molar-refractivity contribution in [2.24, 2.45) is 0 Å². The molecule has 4 nitrogen and oxygen atoms in total. The Balaban J connectivity index is 1.74. The van der Waals surface area contributed by atoms with Gasteiger partial charge < -0.3 is 14.8 Å². The van der Waals surface area contributed by atoms with Gasteiger partial charge in [-0.2, -0.15) is 0 Å².